The van der Waals surface area contributed by atoms with Crippen LogP contribution in [0.4, 0.5) is 4.79 Å². The third-order valence-corrected chi connectivity index (χ3v) is 4.53. The van der Waals surface area contributed by atoms with Gasteiger partial charge in [0.05, 0.1) is 6.54 Å². The molecule has 3 aromatic carbocycles. The first kappa shape index (κ1) is 18.5. The molecule has 4 rings (SSSR count). The van der Waals surface area contributed by atoms with Crippen molar-refractivity contribution < 1.29 is 14.3 Å². The number of rotatable bonds is 5. The van der Waals surface area contributed by atoms with Gasteiger partial charge in [0.15, 0.2) is 0 Å². The lowest BCUT2D eigenvalue weighted by Gasteiger charge is -2.12. The molecule has 0 spiro atoms. The van der Waals surface area contributed by atoms with E-state index in [0.717, 1.165) is 22.4 Å². The van der Waals surface area contributed by atoms with Gasteiger partial charge in [-0.1, -0.05) is 60.2 Å². The van der Waals surface area contributed by atoms with Crippen LogP contribution in [0, 0.1) is 6.92 Å². The van der Waals surface area contributed by atoms with Crippen molar-refractivity contribution in [3.63, 3.8) is 0 Å². The van der Waals surface area contributed by atoms with Gasteiger partial charge < -0.3 is 10.1 Å². The Balaban J connectivity index is 1.52. The number of amides is 3. The van der Waals surface area contributed by atoms with Gasteiger partial charge in [-0.15, -0.1) is 0 Å². The van der Waals surface area contributed by atoms with Crippen molar-refractivity contribution in [2.24, 2.45) is 0 Å². The van der Waals surface area contributed by atoms with E-state index in [-0.39, 0.29) is 18.1 Å². The summed E-state index contributed by atoms with van der Waals surface area (Å²) in [6, 6.07) is 24.2. The topological polar surface area (TPSA) is 58.6 Å². The molecule has 5 heteroatoms. The van der Waals surface area contributed by atoms with Crippen LogP contribution >= 0.6 is 0 Å². The highest BCUT2D eigenvalue weighted by Gasteiger charge is 2.33. The Kier molecular flexibility index (Phi) is 5.12. The molecule has 0 aliphatic carbocycles. The number of nitrogens with one attached hydrogen (secondary N) is 1. The molecule has 0 aromatic heterocycles. The van der Waals surface area contributed by atoms with Gasteiger partial charge in [-0.3, -0.25) is 9.69 Å². The lowest BCUT2D eigenvalue weighted by atomic mass is 10.1. The van der Waals surface area contributed by atoms with E-state index in [4.69, 9.17) is 4.74 Å². The van der Waals surface area contributed by atoms with Crippen LogP contribution in [0.5, 0.6) is 11.5 Å². The fourth-order valence-corrected chi connectivity index (χ4v) is 3.17. The predicted molar refractivity (Wildman–Crippen MR) is 111 cm³/mol. The van der Waals surface area contributed by atoms with E-state index in [1.54, 1.807) is 6.08 Å². The maximum absolute atomic E-state index is 12.7. The van der Waals surface area contributed by atoms with Crippen molar-refractivity contribution in [3.8, 4) is 11.5 Å². The zero-order valence-electron chi connectivity index (χ0n) is 16.0. The quantitative estimate of drug-likeness (QED) is 0.504. The zero-order chi connectivity index (χ0) is 20.2. The van der Waals surface area contributed by atoms with Crippen LogP contribution < -0.4 is 10.1 Å². The molecule has 0 unspecified atom stereocenters. The molecule has 0 saturated carbocycles. The molecule has 144 valence electrons. The first-order valence-electron chi connectivity index (χ1n) is 9.31. The second kappa shape index (κ2) is 8.02. The van der Waals surface area contributed by atoms with Gasteiger partial charge in [0, 0.05) is 0 Å². The second-order valence-corrected chi connectivity index (χ2v) is 6.86. The summed E-state index contributed by atoms with van der Waals surface area (Å²) in [4.78, 5) is 26.3. The van der Waals surface area contributed by atoms with Crippen LogP contribution in [0.15, 0.2) is 84.6 Å². The minimum absolute atomic E-state index is 0.237. The Morgan fingerprint density at radius 3 is 2.45 bits per heavy atom. The molecule has 0 radical (unpaired) electrons. The highest BCUT2D eigenvalue weighted by Crippen LogP contribution is 2.24. The molecular formula is C24H20N2O3. The van der Waals surface area contributed by atoms with Crippen molar-refractivity contribution in [1.29, 1.82) is 0 Å². The Morgan fingerprint density at radius 1 is 0.897 bits per heavy atom. The standard InChI is InChI=1S/C24H20N2O3/c1-17-7-5-9-19(13-17)16-26-23(27)22(25-24(26)28)15-18-8-6-12-21(14-18)29-20-10-3-2-4-11-20/h2-15H,16H2,1H3,(H,25,28)/b22-15+. The number of hydrogen-bond donors (Lipinski definition) is 1. The largest absolute Gasteiger partial charge is 0.457 e. The van der Waals surface area contributed by atoms with E-state index < -0.39 is 6.03 Å². The molecule has 1 aliphatic heterocycles. The monoisotopic (exact) mass is 384 g/mol. The maximum Gasteiger partial charge on any atom is 0.329 e. The number of aryl methyl sites for hydroxylation is 1. The summed E-state index contributed by atoms with van der Waals surface area (Å²) < 4.78 is 5.83. The molecule has 5 nitrogen and oxygen atoms in total. The number of carbonyl (C=O) groups is 2. The minimum Gasteiger partial charge on any atom is -0.457 e. The molecule has 1 heterocycles. The lowest BCUT2D eigenvalue weighted by Crippen LogP contribution is -2.30. The number of hydrogen-bond acceptors (Lipinski definition) is 3. The second-order valence-electron chi connectivity index (χ2n) is 6.86. The zero-order valence-corrected chi connectivity index (χ0v) is 16.0. The smallest absolute Gasteiger partial charge is 0.329 e. The molecule has 3 aromatic rings. The van der Waals surface area contributed by atoms with Crippen molar-refractivity contribution in [2.75, 3.05) is 0 Å². The van der Waals surface area contributed by atoms with E-state index in [1.807, 2.05) is 85.8 Å². The van der Waals surface area contributed by atoms with Crippen LogP contribution in [0.3, 0.4) is 0 Å². The first-order valence-corrected chi connectivity index (χ1v) is 9.31. The van der Waals surface area contributed by atoms with Gasteiger partial charge in [0.2, 0.25) is 0 Å². The average molecular weight is 384 g/mol. The Morgan fingerprint density at radius 2 is 1.66 bits per heavy atom. The number of imide groups is 1. The molecule has 1 saturated heterocycles. The normalized spacial score (nSPS) is 14.9. The van der Waals surface area contributed by atoms with Crippen LogP contribution in [0.25, 0.3) is 6.08 Å². The van der Waals surface area contributed by atoms with Crippen LogP contribution in [-0.4, -0.2) is 16.8 Å². The summed E-state index contributed by atoms with van der Waals surface area (Å²) in [5.74, 6) is 1.04. The van der Waals surface area contributed by atoms with Gasteiger partial charge in [0.25, 0.3) is 5.91 Å². The number of urea groups is 1. The molecule has 1 fully saturated rings. The minimum atomic E-state index is -0.417. The molecule has 3 amide bonds. The Labute approximate surface area is 169 Å². The average Bonchev–Trinajstić information content (AvgIpc) is 2.96. The van der Waals surface area contributed by atoms with Gasteiger partial charge in [0.1, 0.15) is 17.2 Å². The van der Waals surface area contributed by atoms with Crippen molar-refractivity contribution in [1.82, 2.24) is 10.2 Å². The highest BCUT2D eigenvalue weighted by atomic mass is 16.5. The molecular weight excluding hydrogens is 364 g/mol. The van der Waals surface area contributed by atoms with Crippen LogP contribution in [0.1, 0.15) is 16.7 Å². The fourth-order valence-electron chi connectivity index (χ4n) is 3.17. The number of benzene rings is 3. The molecule has 29 heavy (non-hydrogen) atoms. The predicted octanol–water partition coefficient (Wildman–Crippen LogP) is 4.88. The summed E-state index contributed by atoms with van der Waals surface area (Å²) in [7, 11) is 0. The third-order valence-electron chi connectivity index (χ3n) is 4.53. The van der Waals surface area contributed by atoms with Gasteiger partial charge in [-0.25, -0.2) is 4.79 Å². The first-order chi connectivity index (χ1) is 14.1. The van der Waals surface area contributed by atoms with E-state index in [2.05, 4.69) is 5.32 Å². The van der Waals surface area contributed by atoms with E-state index in [9.17, 15) is 9.59 Å². The number of para-hydroxylation sites is 1. The summed E-state index contributed by atoms with van der Waals surface area (Å²) >= 11 is 0. The van der Waals surface area contributed by atoms with Crippen molar-refractivity contribution in [3.05, 3.63) is 101 Å². The van der Waals surface area contributed by atoms with Gasteiger partial charge >= 0.3 is 6.03 Å². The molecule has 1 N–H and O–H groups in total. The summed E-state index contributed by atoms with van der Waals surface area (Å²) in [5, 5.41) is 2.66. The van der Waals surface area contributed by atoms with Crippen molar-refractivity contribution >= 4 is 18.0 Å². The lowest BCUT2D eigenvalue weighted by molar-refractivity contribution is -0.123. The van der Waals surface area contributed by atoms with Crippen molar-refractivity contribution in [2.45, 2.75) is 13.5 Å². The number of ether oxygens (including phenoxy) is 1. The van der Waals surface area contributed by atoms with E-state index in [1.165, 1.54) is 4.90 Å². The van der Waals surface area contributed by atoms with Gasteiger partial charge in [-0.2, -0.15) is 0 Å². The summed E-state index contributed by atoms with van der Waals surface area (Å²) in [6.07, 6.45) is 1.66. The Hall–Kier alpha value is -3.86. The maximum atomic E-state index is 12.7. The van der Waals surface area contributed by atoms with E-state index in [0.29, 0.717) is 5.75 Å². The van der Waals surface area contributed by atoms with Crippen LogP contribution in [0.2, 0.25) is 0 Å². The SMILES string of the molecule is Cc1cccc(CN2C(=O)N/C(=C/c3cccc(Oc4ccccc4)c3)C2=O)c1. The number of carbonyl (C=O) groups excluding carboxylic acids is 2. The molecule has 0 bridgehead atoms. The molecule has 1 aliphatic rings. The fraction of sp³-hybridized carbons (Fsp3) is 0.0833. The highest BCUT2D eigenvalue weighted by molar-refractivity contribution is 6.13. The van der Waals surface area contributed by atoms with Gasteiger partial charge in [-0.05, 0) is 48.4 Å². The molecule has 0 atom stereocenters. The summed E-state index contributed by atoms with van der Waals surface area (Å²) in [5.41, 5.74) is 3.01. The third kappa shape index (κ3) is 4.35. The van der Waals surface area contributed by atoms with Crippen LogP contribution in [-0.2, 0) is 11.3 Å². The van der Waals surface area contributed by atoms with E-state index >= 15 is 0 Å². The summed E-state index contributed by atoms with van der Waals surface area (Å²) in [6.45, 7) is 2.21. The Bertz CT molecular complexity index is 1090. The number of nitrogens with zero attached hydrogens (tertiary/aromatic N) is 1.